The molecule has 16 heavy (non-hydrogen) atoms. The molecule has 0 bridgehead atoms. The average molecular weight is 288 g/mol. The average Bonchev–Trinajstić information content (AvgIpc) is 2.30. The molecule has 0 aromatic heterocycles. The second-order valence-corrected chi connectivity index (χ2v) is 4.36. The topological polar surface area (TPSA) is 30.5 Å². The number of benzene rings is 1. The molecule has 0 aliphatic rings. The minimum Gasteiger partial charge on any atom is -0.467 e. The lowest BCUT2D eigenvalue weighted by Crippen LogP contribution is -2.14. The van der Waals surface area contributed by atoms with Gasteiger partial charge in [-0.3, -0.25) is 0 Å². The van der Waals surface area contributed by atoms with Crippen molar-refractivity contribution in [3.8, 4) is 5.75 Å². The molecule has 1 rings (SSSR count). The number of nitrogens with one attached hydrogen (secondary N) is 1. The standard InChI is InChI=1S/C12H18BrNO2/c1-4-15-8-16-12-6-5-10(13)7-11(12)9(2)14-3/h5-7,9,14H,4,8H2,1-3H3. The van der Waals surface area contributed by atoms with Crippen molar-refractivity contribution < 1.29 is 9.47 Å². The van der Waals surface area contributed by atoms with Gasteiger partial charge in [0.2, 0.25) is 0 Å². The molecule has 1 aromatic rings. The first-order chi connectivity index (χ1) is 7.69. The SMILES string of the molecule is CCOCOc1ccc(Br)cc1C(C)NC. The Morgan fingerprint density at radius 2 is 2.19 bits per heavy atom. The Hall–Kier alpha value is -0.580. The number of halogens is 1. The smallest absolute Gasteiger partial charge is 0.189 e. The monoisotopic (exact) mass is 287 g/mol. The zero-order chi connectivity index (χ0) is 12.0. The summed E-state index contributed by atoms with van der Waals surface area (Å²) in [4.78, 5) is 0. The number of rotatable bonds is 6. The van der Waals surface area contributed by atoms with Crippen LogP contribution in [0.5, 0.6) is 5.75 Å². The molecule has 1 aromatic carbocycles. The molecule has 0 fully saturated rings. The third kappa shape index (κ3) is 3.77. The Bertz CT molecular complexity index is 331. The van der Waals surface area contributed by atoms with Crippen molar-refractivity contribution in [1.29, 1.82) is 0 Å². The largest absolute Gasteiger partial charge is 0.467 e. The van der Waals surface area contributed by atoms with Crippen molar-refractivity contribution >= 4 is 15.9 Å². The van der Waals surface area contributed by atoms with Crippen LogP contribution in [0.4, 0.5) is 0 Å². The fourth-order valence-corrected chi connectivity index (χ4v) is 1.71. The normalized spacial score (nSPS) is 12.5. The van der Waals surface area contributed by atoms with Crippen molar-refractivity contribution in [2.24, 2.45) is 0 Å². The molecule has 1 unspecified atom stereocenters. The maximum Gasteiger partial charge on any atom is 0.189 e. The molecule has 0 heterocycles. The third-order valence-corrected chi connectivity index (χ3v) is 2.87. The molecule has 0 aliphatic carbocycles. The van der Waals surface area contributed by atoms with Gasteiger partial charge in [-0.1, -0.05) is 15.9 Å². The lowest BCUT2D eigenvalue weighted by molar-refractivity contribution is 0.0216. The molecule has 1 N–H and O–H groups in total. The van der Waals surface area contributed by atoms with Crippen molar-refractivity contribution in [1.82, 2.24) is 5.32 Å². The first kappa shape index (κ1) is 13.5. The van der Waals surface area contributed by atoms with Gasteiger partial charge in [0.1, 0.15) is 5.75 Å². The number of hydrogen-bond donors (Lipinski definition) is 1. The molecule has 0 amide bonds. The van der Waals surface area contributed by atoms with Gasteiger partial charge in [-0.05, 0) is 39.1 Å². The summed E-state index contributed by atoms with van der Waals surface area (Å²) < 4.78 is 11.8. The summed E-state index contributed by atoms with van der Waals surface area (Å²) in [5.41, 5.74) is 1.12. The quantitative estimate of drug-likeness (QED) is 0.644. The van der Waals surface area contributed by atoms with E-state index in [1.165, 1.54) is 0 Å². The fraction of sp³-hybridized carbons (Fsp3) is 0.500. The highest BCUT2D eigenvalue weighted by Gasteiger charge is 2.10. The molecule has 0 aliphatic heterocycles. The fourth-order valence-electron chi connectivity index (χ4n) is 1.33. The molecule has 0 radical (unpaired) electrons. The summed E-state index contributed by atoms with van der Waals surface area (Å²) in [6, 6.07) is 6.22. The Morgan fingerprint density at radius 1 is 1.44 bits per heavy atom. The molecular weight excluding hydrogens is 270 g/mol. The van der Waals surface area contributed by atoms with Crippen LogP contribution in [0.2, 0.25) is 0 Å². The van der Waals surface area contributed by atoms with Crippen LogP contribution in [-0.2, 0) is 4.74 Å². The van der Waals surface area contributed by atoms with Crippen molar-refractivity contribution in [2.75, 3.05) is 20.4 Å². The lowest BCUT2D eigenvalue weighted by Gasteiger charge is -2.16. The van der Waals surface area contributed by atoms with Crippen molar-refractivity contribution in [3.05, 3.63) is 28.2 Å². The van der Waals surface area contributed by atoms with E-state index in [-0.39, 0.29) is 6.04 Å². The van der Waals surface area contributed by atoms with E-state index in [2.05, 4.69) is 34.2 Å². The first-order valence-corrected chi connectivity index (χ1v) is 6.15. The summed E-state index contributed by atoms with van der Waals surface area (Å²) in [6.45, 7) is 4.99. The van der Waals surface area contributed by atoms with E-state index in [0.29, 0.717) is 13.4 Å². The van der Waals surface area contributed by atoms with E-state index >= 15 is 0 Å². The van der Waals surface area contributed by atoms with Gasteiger partial charge in [0.15, 0.2) is 6.79 Å². The van der Waals surface area contributed by atoms with E-state index in [9.17, 15) is 0 Å². The molecule has 4 heteroatoms. The zero-order valence-electron chi connectivity index (χ0n) is 9.92. The van der Waals surface area contributed by atoms with Gasteiger partial charge in [0.05, 0.1) is 0 Å². The summed E-state index contributed by atoms with van der Waals surface area (Å²) in [5.74, 6) is 0.860. The summed E-state index contributed by atoms with van der Waals surface area (Å²) in [7, 11) is 1.93. The van der Waals surface area contributed by atoms with Gasteiger partial charge in [-0.25, -0.2) is 0 Å². The van der Waals surface area contributed by atoms with Gasteiger partial charge in [0, 0.05) is 22.7 Å². The maximum atomic E-state index is 5.57. The highest BCUT2D eigenvalue weighted by molar-refractivity contribution is 9.10. The van der Waals surface area contributed by atoms with Gasteiger partial charge >= 0.3 is 0 Å². The second-order valence-electron chi connectivity index (χ2n) is 3.45. The predicted molar refractivity (Wildman–Crippen MR) is 68.7 cm³/mol. The Kier molecular flexibility index (Phi) is 5.80. The third-order valence-electron chi connectivity index (χ3n) is 2.37. The maximum absolute atomic E-state index is 5.57. The molecule has 0 spiro atoms. The molecule has 90 valence electrons. The van der Waals surface area contributed by atoms with E-state index in [1.54, 1.807) is 0 Å². The zero-order valence-corrected chi connectivity index (χ0v) is 11.5. The lowest BCUT2D eigenvalue weighted by atomic mass is 10.1. The number of ether oxygens (including phenoxy) is 2. The summed E-state index contributed by atoms with van der Waals surface area (Å²) in [6.07, 6.45) is 0. The Labute approximate surface area is 105 Å². The van der Waals surface area contributed by atoms with Crippen LogP contribution in [0.25, 0.3) is 0 Å². The van der Waals surface area contributed by atoms with E-state index < -0.39 is 0 Å². The van der Waals surface area contributed by atoms with E-state index in [1.807, 2.05) is 26.1 Å². The van der Waals surface area contributed by atoms with Crippen LogP contribution in [0.15, 0.2) is 22.7 Å². The highest BCUT2D eigenvalue weighted by atomic mass is 79.9. The highest BCUT2D eigenvalue weighted by Crippen LogP contribution is 2.28. The van der Waals surface area contributed by atoms with Crippen LogP contribution < -0.4 is 10.1 Å². The van der Waals surface area contributed by atoms with Crippen LogP contribution in [0, 0.1) is 0 Å². The van der Waals surface area contributed by atoms with Crippen LogP contribution in [0.1, 0.15) is 25.5 Å². The van der Waals surface area contributed by atoms with Crippen LogP contribution in [0.3, 0.4) is 0 Å². The Morgan fingerprint density at radius 3 is 2.81 bits per heavy atom. The predicted octanol–water partition coefficient (Wildman–Crippen LogP) is 3.10. The van der Waals surface area contributed by atoms with Gasteiger partial charge < -0.3 is 14.8 Å². The molecule has 3 nitrogen and oxygen atoms in total. The van der Waals surface area contributed by atoms with Gasteiger partial charge in [0.25, 0.3) is 0 Å². The molecular formula is C12H18BrNO2. The van der Waals surface area contributed by atoms with Crippen molar-refractivity contribution in [2.45, 2.75) is 19.9 Å². The summed E-state index contributed by atoms with van der Waals surface area (Å²) >= 11 is 3.46. The van der Waals surface area contributed by atoms with Crippen LogP contribution >= 0.6 is 15.9 Å². The Balaban J connectivity index is 2.80. The summed E-state index contributed by atoms with van der Waals surface area (Å²) in [5, 5.41) is 3.20. The second kappa shape index (κ2) is 6.89. The van der Waals surface area contributed by atoms with Crippen molar-refractivity contribution in [3.63, 3.8) is 0 Å². The molecule has 1 atom stereocenters. The van der Waals surface area contributed by atoms with Gasteiger partial charge in [-0.15, -0.1) is 0 Å². The minimum atomic E-state index is 0.245. The first-order valence-electron chi connectivity index (χ1n) is 5.36. The van der Waals surface area contributed by atoms with E-state index in [0.717, 1.165) is 15.8 Å². The molecule has 0 saturated carbocycles. The number of hydrogen-bond acceptors (Lipinski definition) is 3. The van der Waals surface area contributed by atoms with E-state index in [4.69, 9.17) is 9.47 Å². The minimum absolute atomic E-state index is 0.245. The van der Waals surface area contributed by atoms with Crippen LogP contribution in [-0.4, -0.2) is 20.4 Å². The molecule has 0 saturated heterocycles. The van der Waals surface area contributed by atoms with Gasteiger partial charge in [-0.2, -0.15) is 0 Å².